The lowest BCUT2D eigenvalue weighted by Gasteiger charge is -2.23. The summed E-state index contributed by atoms with van der Waals surface area (Å²) >= 11 is 0. The lowest BCUT2D eigenvalue weighted by Crippen LogP contribution is -2.38. The van der Waals surface area contributed by atoms with Gasteiger partial charge in [-0.1, -0.05) is 18.2 Å². The molecule has 0 aliphatic carbocycles. The van der Waals surface area contributed by atoms with Crippen LogP contribution in [0, 0.1) is 11.7 Å². The van der Waals surface area contributed by atoms with E-state index in [0.717, 1.165) is 11.3 Å². The molecule has 0 bridgehead atoms. The molecule has 1 atom stereocenters. The molecule has 136 valence electrons. The molecule has 0 saturated carbocycles. The van der Waals surface area contributed by atoms with Gasteiger partial charge in [-0.3, -0.25) is 14.6 Å². The number of rotatable bonds is 4. The summed E-state index contributed by atoms with van der Waals surface area (Å²) < 4.78 is 13.0. The number of aromatic nitrogens is 1. The van der Waals surface area contributed by atoms with E-state index in [-0.39, 0.29) is 30.0 Å². The third-order valence-corrected chi connectivity index (χ3v) is 4.67. The second-order valence-electron chi connectivity index (χ2n) is 6.62. The van der Waals surface area contributed by atoms with Gasteiger partial charge in [-0.2, -0.15) is 0 Å². The summed E-state index contributed by atoms with van der Waals surface area (Å²) in [6, 6.07) is 11.6. The van der Waals surface area contributed by atoms with Crippen molar-refractivity contribution in [2.75, 3.05) is 26.7 Å². The number of carbonyl (C=O) groups excluding carboxylic acids is 2. The van der Waals surface area contributed by atoms with Crippen LogP contribution in [0.25, 0.3) is 0 Å². The van der Waals surface area contributed by atoms with Crippen molar-refractivity contribution >= 4 is 11.8 Å². The number of hydrogen-bond acceptors (Lipinski definition) is 3. The Hall–Kier alpha value is -2.76. The molecule has 2 amide bonds. The molecule has 1 aliphatic rings. The summed E-state index contributed by atoms with van der Waals surface area (Å²) in [5, 5.41) is 0. The summed E-state index contributed by atoms with van der Waals surface area (Å²) in [6.07, 6.45) is 2.41. The first kappa shape index (κ1) is 18.0. The first-order valence-electron chi connectivity index (χ1n) is 8.70. The van der Waals surface area contributed by atoms with E-state index in [4.69, 9.17) is 0 Å². The lowest BCUT2D eigenvalue weighted by molar-refractivity contribution is -0.133. The second kappa shape index (κ2) is 8.08. The molecular formula is C20H22FN3O2. The van der Waals surface area contributed by atoms with Crippen LogP contribution in [0.5, 0.6) is 0 Å². The van der Waals surface area contributed by atoms with Gasteiger partial charge in [0, 0.05) is 45.0 Å². The summed E-state index contributed by atoms with van der Waals surface area (Å²) in [5.41, 5.74) is 1.61. The Balaban J connectivity index is 1.71. The van der Waals surface area contributed by atoms with Crippen molar-refractivity contribution in [1.82, 2.24) is 14.8 Å². The van der Waals surface area contributed by atoms with Crippen LogP contribution < -0.4 is 0 Å². The number of likely N-dealkylation sites (N-methyl/N-ethyl adjacent to an activating group) is 1. The van der Waals surface area contributed by atoms with Crippen molar-refractivity contribution in [3.05, 3.63) is 65.7 Å². The predicted molar refractivity (Wildman–Crippen MR) is 95.8 cm³/mol. The quantitative estimate of drug-likeness (QED) is 0.842. The Morgan fingerprint density at radius 1 is 1.19 bits per heavy atom. The maximum absolute atomic E-state index is 13.0. The number of amides is 2. The number of carbonyl (C=O) groups is 2. The highest BCUT2D eigenvalue weighted by molar-refractivity contribution is 5.83. The van der Waals surface area contributed by atoms with Crippen LogP contribution in [0.3, 0.4) is 0 Å². The fourth-order valence-electron chi connectivity index (χ4n) is 3.17. The topological polar surface area (TPSA) is 53.5 Å². The van der Waals surface area contributed by atoms with Crippen molar-refractivity contribution in [3.8, 4) is 0 Å². The molecule has 1 fully saturated rings. The van der Waals surface area contributed by atoms with Crippen LogP contribution in [0.2, 0.25) is 0 Å². The molecule has 26 heavy (non-hydrogen) atoms. The molecular weight excluding hydrogens is 333 g/mol. The average Bonchev–Trinajstić information content (AvgIpc) is 2.78. The SMILES string of the molecule is CN1CCN(C(=O)Cc2ccc(F)cc2)CC(Cc2ccccn2)C1=O. The molecule has 6 heteroatoms. The highest BCUT2D eigenvalue weighted by Crippen LogP contribution is 2.16. The summed E-state index contributed by atoms with van der Waals surface area (Å²) in [4.78, 5) is 33.0. The minimum atomic E-state index is -0.321. The molecule has 0 radical (unpaired) electrons. The first-order chi connectivity index (χ1) is 12.5. The van der Waals surface area contributed by atoms with Crippen molar-refractivity contribution in [3.63, 3.8) is 0 Å². The highest BCUT2D eigenvalue weighted by atomic mass is 19.1. The number of halogens is 1. The van der Waals surface area contributed by atoms with Gasteiger partial charge in [-0.05, 0) is 29.8 Å². The normalized spacial score (nSPS) is 17.9. The number of benzene rings is 1. The van der Waals surface area contributed by atoms with Gasteiger partial charge >= 0.3 is 0 Å². The van der Waals surface area contributed by atoms with Gasteiger partial charge in [0.15, 0.2) is 0 Å². The monoisotopic (exact) mass is 355 g/mol. The Morgan fingerprint density at radius 3 is 2.65 bits per heavy atom. The molecule has 5 nitrogen and oxygen atoms in total. The zero-order chi connectivity index (χ0) is 18.5. The Bertz CT molecular complexity index is 764. The molecule has 1 aromatic heterocycles. The van der Waals surface area contributed by atoms with Gasteiger partial charge < -0.3 is 9.80 Å². The fraction of sp³-hybridized carbons (Fsp3) is 0.350. The van der Waals surface area contributed by atoms with Crippen LogP contribution in [0.4, 0.5) is 4.39 Å². The summed E-state index contributed by atoms with van der Waals surface area (Å²) in [7, 11) is 1.77. The van der Waals surface area contributed by atoms with E-state index in [0.29, 0.717) is 26.1 Å². The van der Waals surface area contributed by atoms with Gasteiger partial charge in [0.2, 0.25) is 11.8 Å². The van der Waals surface area contributed by atoms with Gasteiger partial charge in [0.05, 0.1) is 12.3 Å². The molecule has 2 heterocycles. The number of hydrogen-bond donors (Lipinski definition) is 0. The Kier molecular flexibility index (Phi) is 5.61. The van der Waals surface area contributed by atoms with Crippen molar-refractivity contribution < 1.29 is 14.0 Å². The standard InChI is InChI=1S/C20H22FN3O2/c1-23-10-11-24(19(25)12-15-5-7-17(21)8-6-15)14-16(20(23)26)13-18-4-2-3-9-22-18/h2-9,16H,10-14H2,1H3. The zero-order valence-corrected chi connectivity index (χ0v) is 14.8. The number of pyridine rings is 1. The molecule has 2 aromatic rings. The van der Waals surface area contributed by atoms with Crippen LogP contribution in [-0.4, -0.2) is 53.3 Å². The van der Waals surface area contributed by atoms with Crippen LogP contribution >= 0.6 is 0 Å². The minimum absolute atomic E-state index is 0.0349. The van der Waals surface area contributed by atoms with Crippen LogP contribution in [0.15, 0.2) is 48.7 Å². The summed E-state index contributed by atoms with van der Waals surface area (Å²) in [5.74, 6) is -0.647. The molecule has 0 N–H and O–H groups in total. The molecule has 0 spiro atoms. The van der Waals surface area contributed by atoms with E-state index in [1.807, 2.05) is 18.2 Å². The van der Waals surface area contributed by atoms with Gasteiger partial charge in [-0.25, -0.2) is 4.39 Å². The van der Waals surface area contributed by atoms with E-state index in [2.05, 4.69) is 4.98 Å². The van der Waals surface area contributed by atoms with Crippen molar-refractivity contribution in [2.45, 2.75) is 12.8 Å². The van der Waals surface area contributed by atoms with Gasteiger partial charge in [0.25, 0.3) is 0 Å². The van der Waals surface area contributed by atoms with E-state index in [9.17, 15) is 14.0 Å². The second-order valence-corrected chi connectivity index (χ2v) is 6.62. The molecule has 1 saturated heterocycles. The Morgan fingerprint density at radius 2 is 1.96 bits per heavy atom. The molecule has 1 unspecified atom stereocenters. The maximum Gasteiger partial charge on any atom is 0.227 e. The van der Waals surface area contributed by atoms with Gasteiger partial charge in [0.1, 0.15) is 5.82 Å². The molecule has 3 rings (SSSR count). The predicted octanol–water partition coefficient (Wildman–Crippen LogP) is 1.92. The van der Waals surface area contributed by atoms with Gasteiger partial charge in [-0.15, -0.1) is 0 Å². The zero-order valence-electron chi connectivity index (χ0n) is 14.8. The smallest absolute Gasteiger partial charge is 0.227 e. The fourth-order valence-corrected chi connectivity index (χ4v) is 3.17. The van der Waals surface area contributed by atoms with Crippen LogP contribution in [0.1, 0.15) is 11.3 Å². The molecule has 1 aliphatic heterocycles. The van der Waals surface area contributed by atoms with E-state index >= 15 is 0 Å². The third-order valence-electron chi connectivity index (χ3n) is 4.67. The molecule has 1 aromatic carbocycles. The van der Waals surface area contributed by atoms with E-state index in [1.165, 1.54) is 12.1 Å². The maximum atomic E-state index is 13.0. The van der Waals surface area contributed by atoms with E-state index < -0.39 is 0 Å². The minimum Gasteiger partial charge on any atom is -0.344 e. The van der Waals surface area contributed by atoms with E-state index in [1.54, 1.807) is 35.2 Å². The van der Waals surface area contributed by atoms with Crippen molar-refractivity contribution in [1.29, 1.82) is 0 Å². The Labute approximate surface area is 152 Å². The lowest BCUT2D eigenvalue weighted by atomic mass is 10.0. The van der Waals surface area contributed by atoms with Crippen molar-refractivity contribution in [2.24, 2.45) is 5.92 Å². The summed E-state index contributed by atoms with van der Waals surface area (Å²) in [6.45, 7) is 1.38. The largest absolute Gasteiger partial charge is 0.344 e. The number of nitrogens with zero attached hydrogens (tertiary/aromatic N) is 3. The van der Waals surface area contributed by atoms with Crippen LogP contribution in [-0.2, 0) is 22.4 Å². The first-order valence-corrected chi connectivity index (χ1v) is 8.70. The average molecular weight is 355 g/mol. The highest BCUT2D eigenvalue weighted by Gasteiger charge is 2.30. The third kappa shape index (κ3) is 4.45.